The Balaban J connectivity index is 1.89. The van der Waals surface area contributed by atoms with E-state index in [-0.39, 0.29) is 0 Å². The van der Waals surface area contributed by atoms with E-state index in [0.29, 0.717) is 0 Å². The first-order chi connectivity index (χ1) is 11.6. The van der Waals surface area contributed by atoms with Crippen LogP contribution in [0.1, 0.15) is 30.2 Å². The van der Waals surface area contributed by atoms with Gasteiger partial charge in [0.2, 0.25) is 0 Å². The van der Waals surface area contributed by atoms with Crippen molar-refractivity contribution in [2.45, 2.75) is 33.2 Å². The van der Waals surface area contributed by atoms with Crippen LogP contribution in [0.2, 0.25) is 0 Å². The maximum absolute atomic E-state index is 4.75. The molecule has 0 saturated carbocycles. The van der Waals surface area contributed by atoms with Crippen LogP contribution in [0.5, 0.6) is 0 Å². The van der Waals surface area contributed by atoms with Crippen LogP contribution in [0.25, 0.3) is 0 Å². The lowest BCUT2D eigenvalue weighted by Gasteiger charge is -2.22. The third-order valence-corrected chi connectivity index (χ3v) is 4.36. The van der Waals surface area contributed by atoms with Crippen molar-refractivity contribution in [1.29, 1.82) is 0 Å². The molecule has 2 rings (SSSR count). The Morgan fingerprint density at radius 2 is 2.08 bits per heavy atom. The molecule has 1 aromatic carbocycles. The number of H-pyrrole nitrogens is 1. The van der Waals surface area contributed by atoms with Gasteiger partial charge in [-0.2, -0.15) is 5.10 Å². The fourth-order valence-corrected chi connectivity index (χ4v) is 2.75. The molecule has 0 radical (unpaired) electrons. The van der Waals surface area contributed by atoms with E-state index in [0.717, 1.165) is 48.6 Å². The molecule has 0 aliphatic rings. The Bertz CT molecular complexity index is 648. The summed E-state index contributed by atoms with van der Waals surface area (Å²) in [5.41, 5.74) is 3.69. The molecule has 5 nitrogen and oxygen atoms in total. The number of hydrogen-bond acceptors (Lipinski definition) is 2. The van der Waals surface area contributed by atoms with Gasteiger partial charge in [0.25, 0.3) is 0 Å². The number of aromatic nitrogens is 2. The Kier molecular flexibility index (Phi) is 7.31. The molecule has 2 N–H and O–H groups in total. The van der Waals surface area contributed by atoms with Gasteiger partial charge in [0, 0.05) is 36.8 Å². The van der Waals surface area contributed by atoms with E-state index >= 15 is 0 Å². The molecule has 24 heavy (non-hydrogen) atoms. The quantitative estimate of drug-likeness (QED) is 0.431. The molecule has 0 aliphatic carbocycles. The molecule has 1 heterocycles. The predicted molar refractivity (Wildman–Crippen MR) is 103 cm³/mol. The van der Waals surface area contributed by atoms with Gasteiger partial charge in [-0.15, -0.1) is 0 Å². The maximum atomic E-state index is 4.75. The third-order valence-electron chi connectivity index (χ3n) is 3.83. The summed E-state index contributed by atoms with van der Waals surface area (Å²) in [6.45, 7) is 6.65. The van der Waals surface area contributed by atoms with Crippen LogP contribution in [0.15, 0.2) is 39.9 Å². The Morgan fingerprint density at radius 3 is 2.71 bits per heavy atom. The fraction of sp³-hybridized carbons (Fsp3) is 0.444. The van der Waals surface area contributed by atoms with Crippen molar-refractivity contribution in [1.82, 2.24) is 20.4 Å². The number of benzene rings is 1. The summed E-state index contributed by atoms with van der Waals surface area (Å²) in [5, 5.41) is 10.4. The van der Waals surface area contributed by atoms with Crippen LogP contribution in [-0.4, -0.2) is 41.2 Å². The summed E-state index contributed by atoms with van der Waals surface area (Å²) < 4.78 is 1.10. The molecule has 2 aromatic rings. The largest absolute Gasteiger partial charge is 0.357 e. The van der Waals surface area contributed by atoms with Gasteiger partial charge in [0.05, 0.1) is 6.20 Å². The molecule has 0 saturated heterocycles. The van der Waals surface area contributed by atoms with Gasteiger partial charge in [0.15, 0.2) is 5.96 Å². The zero-order chi connectivity index (χ0) is 17.4. The fourth-order valence-electron chi connectivity index (χ4n) is 2.49. The second kappa shape index (κ2) is 9.47. The number of rotatable bonds is 7. The number of guanidine groups is 1. The van der Waals surface area contributed by atoms with Crippen LogP contribution in [0.3, 0.4) is 0 Å². The number of aliphatic imine (C=N–C) groups is 1. The summed E-state index contributed by atoms with van der Waals surface area (Å²) >= 11 is 3.47. The monoisotopic (exact) mass is 391 g/mol. The SMILES string of the molecule is CCNC(=NCCCc1cn[nH]c1C)N(C)Cc1ccc(Br)cc1. The minimum Gasteiger partial charge on any atom is -0.357 e. The highest BCUT2D eigenvalue weighted by atomic mass is 79.9. The van der Waals surface area contributed by atoms with Crippen LogP contribution in [0.4, 0.5) is 0 Å². The molecular formula is C18H26BrN5. The van der Waals surface area contributed by atoms with Crippen LogP contribution < -0.4 is 5.32 Å². The van der Waals surface area contributed by atoms with Crippen molar-refractivity contribution in [2.75, 3.05) is 20.1 Å². The van der Waals surface area contributed by atoms with E-state index in [4.69, 9.17) is 4.99 Å². The van der Waals surface area contributed by atoms with Crippen LogP contribution in [0, 0.1) is 6.92 Å². The topological polar surface area (TPSA) is 56.3 Å². The van der Waals surface area contributed by atoms with Gasteiger partial charge in [-0.3, -0.25) is 10.1 Å². The maximum Gasteiger partial charge on any atom is 0.193 e. The number of hydrogen-bond donors (Lipinski definition) is 2. The highest BCUT2D eigenvalue weighted by Gasteiger charge is 2.06. The Hall–Kier alpha value is -1.82. The molecule has 0 atom stereocenters. The normalized spacial score (nSPS) is 11.6. The van der Waals surface area contributed by atoms with E-state index in [9.17, 15) is 0 Å². The predicted octanol–water partition coefficient (Wildman–Crippen LogP) is 3.51. The average molecular weight is 392 g/mol. The first kappa shape index (κ1) is 18.5. The lowest BCUT2D eigenvalue weighted by atomic mass is 10.1. The van der Waals surface area contributed by atoms with Gasteiger partial charge in [-0.05, 0) is 49.9 Å². The van der Waals surface area contributed by atoms with E-state index < -0.39 is 0 Å². The lowest BCUT2D eigenvalue weighted by Crippen LogP contribution is -2.38. The van der Waals surface area contributed by atoms with Crippen molar-refractivity contribution in [2.24, 2.45) is 4.99 Å². The van der Waals surface area contributed by atoms with Crippen molar-refractivity contribution in [3.05, 3.63) is 51.8 Å². The minimum absolute atomic E-state index is 0.803. The van der Waals surface area contributed by atoms with Gasteiger partial charge in [0.1, 0.15) is 0 Å². The summed E-state index contributed by atoms with van der Waals surface area (Å²) in [4.78, 5) is 6.91. The second-order valence-electron chi connectivity index (χ2n) is 5.84. The van der Waals surface area contributed by atoms with E-state index in [1.54, 1.807) is 0 Å². The van der Waals surface area contributed by atoms with Crippen molar-refractivity contribution < 1.29 is 0 Å². The molecule has 6 heteroatoms. The summed E-state index contributed by atoms with van der Waals surface area (Å²) in [6.07, 6.45) is 3.92. The molecule has 1 aromatic heterocycles. The van der Waals surface area contributed by atoms with E-state index in [1.807, 2.05) is 6.20 Å². The van der Waals surface area contributed by atoms with E-state index in [2.05, 4.69) is 81.5 Å². The first-order valence-electron chi connectivity index (χ1n) is 8.33. The molecule has 130 valence electrons. The third kappa shape index (κ3) is 5.67. The summed E-state index contributed by atoms with van der Waals surface area (Å²) in [5.74, 6) is 0.948. The standard InChI is InChI=1S/C18H26BrN5/c1-4-20-18(21-11-5-6-16-12-22-23-14(16)2)24(3)13-15-7-9-17(19)10-8-15/h7-10,12H,4-6,11,13H2,1-3H3,(H,20,21)(H,22,23). The summed E-state index contributed by atoms with van der Waals surface area (Å²) in [6, 6.07) is 8.40. The number of aromatic amines is 1. The average Bonchev–Trinajstić information content (AvgIpc) is 2.97. The smallest absolute Gasteiger partial charge is 0.193 e. The first-order valence-corrected chi connectivity index (χ1v) is 9.12. The van der Waals surface area contributed by atoms with Gasteiger partial charge in [-0.25, -0.2) is 0 Å². The van der Waals surface area contributed by atoms with Crippen molar-refractivity contribution in [3.63, 3.8) is 0 Å². The zero-order valence-electron chi connectivity index (χ0n) is 14.6. The molecule has 0 unspecified atom stereocenters. The Labute approximate surface area is 152 Å². The van der Waals surface area contributed by atoms with Gasteiger partial charge in [-0.1, -0.05) is 28.1 Å². The summed E-state index contributed by atoms with van der Waals surface area (Å²) in [7, 11) is 2.07. The minimum atomic E-state index is 0.803. The number of nitrogens with zero attached hydrogens (tertiary/aromatic N) is 3. The van der Waals surface area contributed by atoms with Crippen molar-refractivity contribution >= 4 is 21.9 Å². The molecule has 0 amide bonds. The van der Waals surface area contributed by atoms with Crippen LogP contribution >= 0.6 is 15.9 Å². The highest BCUT2D eigenvalue weighted by Crippen LogP contribution is 2.12. The highest BCUT2D eigenvalue weighted by molar-refractivity contribution is 9.10. The molecular weight excluding hydrogens is 366 g/mol. The zero-order valence-corrected chi connectivity index (χ0v) is 16.2. The van der Waals surface area contributed by atoms with Gasteiger partial charge < -0.3 is 10.2 Å². The molecule has 0 aliphatic heterocycles. The van der Waals surface area contributed by atoms with Crippen LogP contribution in [-0.2, 0) is 13.0 Å². The van der Waals surface area contributed by atoms with E-state index in [1.165, 1.54) is 11.1 Å². The number of halogens is 1. The number of nitrogens with one attached hydrogen (secondary N) is 2. The molecule has 0 spiro atoms. The van der Waals surface area contributed by atoms with Gasteiger partial charge >= 0.3 is 0 Å². The lowest BCUT2D eigenvalue weighted by molar-refractivity contribution is 0.476. The second-order valence-corrected chi connectivity index (χ2v) is 6.76. The number of aryl methyl sites for hydroxylation is 2. The Morgan fingerprint density at radius 1 is 1.33 bits per heavy atom. The molecule has 0 fully saturated rings. The van der Waals surface area contributed by atoms with Crippen molar-refractivity contribution in [3.8, 4) is 0 Å². The molecule has 0 bridgehead atoms.